The van der Waals surface area contributed by atoms with Crippen LogP contribution in [0, 0.1) is 5.92 Å². The summed E-state index contributed by atoms with van der Waals surface area (Å²) in [7, 11) is 0. The molecule has 1 aromatic heterocycles. The van der Waals surface area contributed by atoms with Crippen LogP contribution in [0.3, 0.4) is 0 Å². The first-order valence-electron chi connectivity index (χ1n) is 8.01. The summed E-state index contributed by atoms with van der Waals surface area (Å²) in [4.78, 5) is 18.6. The monoisotopic (exact) mass is 291 g/mol. The number of carbonyl (C=O) groups is 1. The minimum atomic E-state index is 0.291. The molecule has 2 aliphatic heterocycles. The molecule has 21 heavy (non-hydrogen) atoms. The molecule has 3 aliphatic rings. The SMILES string of the molecule is O=C(C1CC1)N1CCC(c2nc([C@@H]3CCOC3)no2)CC1. The Balaban J connectivity index is 1.36. The first-order valence-corrected chi connectivity index (χ1v) is 8.01. The average Bonchev–Trinajstić information content (AvgIpc) is 3.03. The number of rotatable bonds is 3. The van der Waals surface area contributed by atoms with Crippen LogP contribution < -0.4 is 0 Å². The van der Waals surface area contributed by atoms with Gasteiger partial charge in [0.2, 0.25) is 11.8 Å². The molecule has 0 bridgehead atoms. The smallest absolute Gasteiger partial charge is 0.229 e. The molecule has 0 spiro atoms. The molecule has 1 atom stereocenters. The summed E-state index contributed by atoms with van der Waals surface area (Å²) in [5.74, 6) is 2.80. The minimum absolute atomic E-state index is 0.291. The lowest BCUT2D eigenvalue weighted by atomic mass is 9.96. The first kappa shape index (κ1) is 13.2. The lowest BCUT2D eigenvalue weighted by molar-refractivity contribution is -0.133. The van der Waals surface area contributed by atoms with Crippen molar-refractivity contribution >= 4 is 5.91 Å². The molecule has 0 unspecified atom stereocenters. The van der Waals surface area contributed by atoms with Gasteiger partial charge in [0.15, 0.2) is 5.82 Å². The van der Waals surface area contributed by atoms with Gasteiger partial charge in [0.25, 0.3) is 0 Å². The summed E-state index contributed by atoms with van der Waals surface area (Å²) in [6.07, 6.45) is 5.00. The molecule has 114 valence electrons. The number of aromatic nitrogens is 2. The Labute approximate surface area is 123 Å². The highest BCUT2D eigenvalue weighted by Gasteiger charge is 2.36. The lowest BCUT2D eigenvalue weighted by Crippen LogP contribution is -2.38. The number of hydrogen-bond donors (Lipinski definition) is 0. The third kappa shape index (κ3) is 2.69. The lowest BCUT2D eigenvalue weighted by Gasteiger charge is -2.30. The van der Waals surface area contributed by atoms with Gasteiger partial charge in [0.1, 0.15) is 0 Å². The van der Waals surface area contributed by atoms with Crippen molar-refractivity contribution in [3.05, 3.63) is 11.7 Å². The van der Waals surface area contributed by atoms with E-state index >= 15 is 0 Å². The molecule has 0 aromatic carbocycles. The van der Waals surface area contributed by atoms with E-state index < -0.39 is 0 Å². The number of amides is 1. The highest BCUT2D eigenvalue weighted by atomic mass is 16.5. The Morgan fingerprint density at radius 3 is 2.57 bits per heavy atom. The fourth-order valence-electron chi connectivity index (χ4n) is 3.25. The second-order valence-corrected chi connectivity index (χ2v) is 6.43. The van der Waals surface area contributed by atoms with Crippen LogP contribution in [0.2, 0.25) is 0 Å². The molecule has 0 N–H and O–H groups in total. The number of carbonyl (C=O) groups excluding carboxylic acids is 1. The molecule has 1 amide bonds. The standard InChI is InChI=1S/C15H21N3O3/c19-15(11-1-2-11)18-6-3-10(4-7-18)14-16-13(17-21-14)12-5-8-20-9-12/h10-12H,1-9H2/t12-/m1/s1. The van der Waals surface area contributed by atoms with Gasteiger partial charge in [-0.15, -0.1) is 0 Å². The number of hydrogen-bond acceptors (Lipinski definition) is 5. The zero-order valence-electron chi connectivity index (χ0n) is 12.2. The average molecular weight is 291 g/mol. The van der Waals surface area contributed by atoms with Crippen LogP contribution in [-0.4, -0.2) is 47.3 Å². The molecule has 3 fully saturated rings. The maximum absolute atomic E-state index is 12.0. The van der Waals surface area contributed by atoms with Gasteiger partial charge in [-0.25, -0.2) is 0 Å². The quantitative estimate of drug-likeness (QED) is 0.847. The summed E-state index contributed by atoms with van der Waals surface area (Å²) in [5.41, 5.74) is 0. The zero-order valence-corrected chi connectivity index (χ0v) is 12.2. The first-order chi connectivity index (χ1) is 10.3. The van der Waals surface area contributed by atoms with Crippen molar-refractivity contribution in [1.29, 1.82) is 0 Å². The van der Waals surface area contributed by atoms with Crippen LogP contribution in [0.4, 0.5) is 0 Å². The van der Waals surface area contributed by atoms with E-state index in [0.717, 1.165) is 63.5 Å². The van der Waals surface area contributed by atoms with Gasteiger partial charge in [0.05, 0.1) is 6.61 Å². The van der Waals surface area contributed by atoms with Crippen LogP contribution in [-0.2, 0) is 9.53 Å². The molecule has 6 nitrogen and oxygen atoms in total. The highest BCUT2D eigenvalue weighted by Crippen LogP contribution is 2.34. The summed E-state index contributed by atoms with van der Waals surface area (Å²) < 4.78 is 10.8. The number of ether oxygens (including phenoxy) is 1. The Morgan fingerprint density at radius 1 is 1.10 bits per heavy atom. The fraction of sp³-hybridized carbons (Fsp3) is 0.800. The second kappa shape index (κ2) is 5.40. The van der Waals surface area contributed by atoms with Gasteiger partial charge in [0, 0.05) is 37.5 Å². The van der Waals surface area contributed by atoms with Gasteiger partial charge in [-0.3, -0.25) is 4.79 Å². The maximum atomic E-state index is 12.0. The van der Waals surface area contributed by atoms with Crippen LogP contribution in [0.5, 0.6) is 0 Å². The van der Waals surface area contributed by atoms with Crippen LogP contribution >= 0.6 is 0 Å². The topological polar surface area (TPSA) is 68.5 Å². The predicted molar refractivity (Wildman–Crippen MR) is 73.8 cm³/mol. The molecular formula is C15H21N3O3. The van der Waals surface area contributed by atoms with Crippen molar-refractivity contribution in [3.8, 4) is 0 Å². The molecule has 2 saturated heterocycles. The minimum Gasteiger partial charge on any atom is -0.381 e. The van der Waals surface area contributed by atoms with Gasteiger partial charge in [-0.05, 0) is 32.1 Å². The van der Waals surface area contributed by atoms with E-state index in [-0.39, 0.29) is 0 Å². The Bertz CT molecular complexity index is 512. The van der Waals surface area contributed by atoms with Crippen molar-refractivity contribution in [2.75, 3.05) is 26.3 Å². The number of piperidine rings is 1. The van der Waals surface area contributed by atoms with Crippen molar-refractivity contribution in [2.24, 2.45) is 5.92 Å². The van der Waals surface area contributed by atoms with Crippen molar-refractivity contribution in [1.82, 2.24) is 15.0 Å². The van der Waals surface area contributed by atoms with Gasteiger partial charge in [-0.2, -0.15) is 4.98 Å². The van der Waals surface area contributed by atoms with Gasteiger partial charge >= 0.3 is 0 Å². The maximum Gasteiger partial charge on any atom is 0.229 e. The molecule has 3 heterocycles. The van der Waals surface area contributed by atoms with E-state index in [4.69, 9.17) is 9.26 Å². The van der Waals surface area contributed by atoms with E-state index in [1.54, 1.807) is 0 Å². The van der Waals surface area contributed by atoms with Crippen molar-refractivity contribution in [3.63, 3.8) is 0 Å². The molecule has 1 aromatic rings. The molecule has 0 radical (unpaired) electrons. The van der Waals surface area contributed by atoms with Crippen LogP contribution in [0.1, 0.15) is 55.7 Å². The Kier molecular flexibility index (Phi) is 3.41. The summed E-state index contributed by atoms with van der Waals surface area (Å²) in [6, 6.07) is 0. The molecular weight excluding hydrogens is 270 g/mol. The largest absolute Gasteiger partial charge is 0.381 e. The number of nitrogens with zero attached hydrogens (tertiary/aromatic N) is 3. The third-order valence-corrected chi connectivity index (χ3v) is 4.83. The normalized spacial score (nSPS) is 27.2. The fourth-order valence-corrected chi connectivity index (χ4v) is 3.25. The summed E-state index contributed by atoms with van der Waals surface area (Å²) in [6.45, 7) is 3.14. The van der Waals surface area contributed by atoms with E-state index in [2.05, 4.69) is 10.1 Å². The van der Waals surface area contributed by atoms with Gasteiger partial charge < -0.3 is 14.2 Å². The summed E-state index contributed by atoms with van der Waals surface area (Å²) >= 11 is 0. The van der Waals surface area contributed by atoms with Crippen molar-refractivity contribution < 1.29 is 14.1 Å². The molecule has 1 aliphatic carbocycles. The van der Waals surface area contributed by atoms with E-state index in [1.165, 1.54) is 0 Å². The summed E-state index contributed by atoms with van der Waals surface area (Å²) in [5, 5.41) is 4.12. The Morgan fingerprint density at radius 2 is 1.90 bits per heavy atom. The van der Waals surface area contributed by atoms with E-state index in [1.807, 2.05) is 4.90 Å². The van der Waals surface area contributed by atoms with Crippen molar-refractivity contribution in [2.45, 2.75) is 43.9 Å². The third-order valence-electron chi connectivity index (χ3n) is 4.83. The van der Waals surface area contributed by atoms with E-state index in [9.17, 15) is 4.79 Å². The van der Waals surface area contributed by atoms with Crippen LogP contribution in [0.25, 0.3) is 0 Å². The zero-order chi connectivity index (χ0) is 14.2. The van der Waals surface area contributed by atoms with Gasteiger partial charge in [-0.1, -0.05) is 5.16 Å². The second-order valence-electron chi connectivity index (χ2n) is 6.43. The number of likely N-dealkylation sites (tertiary alicyclic amines) is 1. The highest BCUT2D eigenvalue weighted by molar-refractivity contribution is 5.81. The Hall–Kier alpha value is -1.43. The van der Waals surface area contributed by atoms with Crippen LogP contribution in [0.15, 0.2) is 4.52 Å². The molecule has 1 saturated carbocycles. The molecule has 4 rings (SSSR count). The molecule has 6 heteroatoms. The predicted octanol–water partition coefficient (Wildman–Crippen LogP) is 1.69. The van der Waals surface area contributed by atoms with E-state index in [0.29, 0.717) is 30.3 Å².